The number of carbonyl (C=O) groups excluding carboxylic acids is 3. The summed E-state index contributed by atoms with van der Waals surface area (Å²) in [6.45, 7) is 0.243. The van der Waals surface area contributed by atoms with E-state index in [1.54, 1.807) is 0 Å². The Kier molecular flexibility index (Phi) is 10.8. The first-order valence-electron chi connectivity index (χ1n) is 10.6. The van der Waals surface area contributed by atoms with E-state index >= 15 is 0 Å². The van der Waals surface area contributed by atoms with Crippen molar-refractivity contribution in [3.05, 3.63) is 71.3 Å². The summed E-state index contributed by atoms with van der Waals surface area (Å²) in [7, 11) is 0. The monoisotopic (exact) mass is 425 g/mol. The molecule has 166 valence electrons. The van der Waals surface area contributed by atoms with Gasteiger partial charge in [-0.3, -0.25) is 9.59 Å². The van der Waals surface area contributed by atoms with Gasteiger partial charge in [0.25, 0.3) is 5.91 Å². The van der Waals surface area contributed by atoms with Crippen LogP contribution in [0.2, 0.25) is 0 Å². The van der Waals surface area contributed by atoms with Gasteiger partial charge in [0.05, 0.1) is 13.0 Å². The largest absolute Gasteiger partial charge is 0.355 e. The van der Waals surface area contributed by atoms with Crippen molar-refractivity contribution in [3.63, 3.8) is 0 Å². The summed E-state index contributed by atoms with van der Waals surface area (Å²) in [4.78, 5) is 39.3. The van der Waals surface area contributed by atoms with Gasteiger partial charge in [0.15, 0.2) is 0 Å². The first-order valence-corrected chi connectivity index (χ1v) is 10.6. The Morgan fingerprint density at radius 3 is 2.03 bits per heavy atom. The van der Waals surface area contributed by atoms with E-state index in [0.717, 1.165) is 31.2 Å². The first-order chi connectivity index (χ1) is 15.1. The molecule has 0 spiro atoms. The summed E-state index contributed by atoms with van der Waals surface area (Å²) in [5.74, 6) is -1.22. The molecule has 0 radical (unpaired) electrons. The fraction of sp³-hybridized carbons (Fsp3) is 0.375. The summed E-state index contributed by atoms with van der Waals surface area (Å²) >= 11 is 0. The van der Waals surface area contributed by atoms with Crippen LogP contribution >= 0.6 is 0 Å². The minimum Gasteiger partial charge on any atom is -0.355 e. The molecular formula is C24H31N3O4. The van der Waals surface area contributed by atoms with Gasteiger partial charge in [0.1, 0.15) is 0 Å². The highest BCUT2D eigenvalue weighted by Gasteiger charge is 2.08. The quantitative estimate of drug-likeness (QED) is 0.357. The first kappa shape index (κ1) is 24.1. The van der Waals surface area contributed by atoms with Gasteiger partial charge in [-0.1, -0.05) is 54.6 Å². The van der Waals surface area contributed by atoms with Crippen molar-refractivity contribution in [1.29, 1.82) is 0 Å². The van der Waals surface area contributed by atoms with Gasteiger partial charge < -0.3 is 15.9 Å². The number of nitrogens with two attached hydrogens (primary N) is 1. The lowest BCUT2D eigenvalue weighted by molar-refractivity contribution is -0.158. The average Bonchev–Trinajstić information content (AvgIpc) is 2.79. The Morgan fingerprint density at radius 1 is 0.774 bits per heavy atom. The number of unbranched alkanes of at least 4 members (excludes halogenated alkanes) is 1. The minimum atomic E-state index is -0.554. The number of hydrogen-bond donors (Lipinski definition) is 3. The van der Waals surface area contributed by atoms with Crippen LogP contribution in [0.25, 0.3) is 0 Å². The molecule has 2 aromatic carbocycles. The van der Waals surface area contributed by atoms with Crippen LogP contribution in [0, 0.1) is 0 Å². The molecule has 2 amide bonds. The number of aryl methyl sites for hydroxylation is 2. The summed E-state index contributed by atoms with van der Waals surface area (Å²) in [5.41, 5.74) is 10.8. The van der Waals surface area contributed by atoms with Gasteiger partial charge in [-0.2, -0.15) is 5.48 Å². The number of rotatable bonds is 12. The Labute approximate surface area is 183 Å². The molecule has 0 aliphatic rings. The maximum absolute atomic E-state index is 11.9. The summed E-state index contributed by atoms with van der Waals surface area (Å²) in [6, 6.07) is 18.4. The molecule has 0 aromatic heterocycles. The minimum absolute atomic E-state index is 0.0874. The van der Waals surface area contributed by atoms with Crippen molar-refractivity contribution >= 4 is 17.8 Å². The average molecular weight is 426 g/mol. The highest BCUT2D eigenvalue weighted by atomic mass is 16.7. The number of hydroxylamine groups is 1. The van der Waals surface area contributed by atoms with Gasteiger partial charge in [-0.05, 0) is 48.8 Å². The van der Waals surface area contributed by atoms with E-state index < -0.39 is 5.97 Å². The highest BCUT2D eigenvalue weighted by molar-refractivity contribution is 5.80. The molecule has 0 aliphatic carbocycles. The lowest BCUT2D eigenvalue weighted by Gasteiger charge is -2.07. The third-order valence-electron chi connectivity index (χ3n) is 4.76. The van der Waals surface area contributed by atoms with Gasteiger partial charge in [0, 0.05) is 13.0 Å². The molecule has 0 fully saturated rings. The van der Waals surface area contributed by atoms with Gasteiger partial charge in [-0.15, -0.1) is 0 Å². The molecule has 7 nitrogen and oxygen atoms in total. The maximum Gasteiger partial charge on any atom is 0.332 e. The second kappa shape index (κ2) is 13.9. The van der Waals surface area contributed by atoms with E-state index in [1.165, 1.54) is 11.1 Å². The van der Waals surface area contributed by atoms with Crippen LogP contribution in [-0.2, 0) is 38.5 Å². The molecule has 0 heterocycles. The Bertz CT molecular complexity index is 822. The predicted molar refractivity (Wildman–Crippen MR) is 119 cm³/mol. The number of amides is 2. The van der Waals surface area contributed by atoms with E-state index in [-0.39, 0.29) is 31.2 Å². The summed E-state index contributed by atoms with van der Waals surface area (Å²) in [6.07, 6.45) is 4.97. The van der Waals surface area contributed by atoms with E-state index in [4.69, 9.17) is 10.6 Å². The zero-order valence-electron chi connectivity index (χ0n) is 17.8. The van der Waals surface area contributed by atoms with Crippen molar-refractivity contribution in [1.82, 2.24) is 10.8 Å². The highest BCUT2D eigenvalue weighted by Crippen LogP contribution is 2.11. The zero-order chi connectivity index (χ0) is 22.3. The normalized spacial score (nSPS) is 10.4. The molecule has 0 atom stereocenters. The molecule has 2 aromatic rings. The fourth-order valence-corrected chi connectivity index (χ4v) is 3.05. The molecule has 0 aliphatic heterocycles. The standard InChI is InChI=1S/C24H31N3O4/c25-18-23(29)26-16-6-11-24(30)31-27-22(28)17-21-14-12-20(13-15-21)10-5-4-9-19-7-2-1-3-8-19/h1-3,7-8,12-15H,4-6,9-11,16-18,25H2,(H,26,29)(H,27,28). The van der Waals surface area contributed by atoms with E-state index in [1.807, 2.05) is 30.3 Å². The van der Waals surface area contributed by atoms with Crippen molar-refractivity contribution in [3.8, 4) is 0 Å². The van der Waals surface area contributed by atoms with Crippen LogP contribution in [0.4, 0.5) is 0 Å². The fourth-order valence-electron chi connectivity index (χ4n) is 3.05. The van der Waals surface area contributed by atoms with E-state index in [2.05, 4.69) is 35.1 Å². The summed E-state index contributed by atoms with van der Waals surface area (Å²) in [5, 5.41) is 2.55. The van der Waals surface area contributed by atoms with Gasteiger partial charge in [0.2, 0.25) is 5.91 Å². The van der Waals surface area contributed by atoms with E-state index in [9.17, 15) is 14.4 Å². The molecule has 0 bridgehead atoms. The third-order valence-corrected chi connectivity index (χ3v) is 4.76. The molecule has 0 unspecified atom stereocenters. The number of benzene rings is 2. The Morgan fingerprint density at radius 2 is 1.39 bits per heavy atom. The topological polar surface area (TPSA) is 111 Å². The van der Waals surface area contributed by atoms with Crippen LogP contribution in [-0.4, -0.2) is 30.9 Å². The molecule has 0 saturated heterocycles. The lowest BCUT2D eigenvalue weighted by Crippen LogP contribution is -2.32. The van der Waals surface area contributed by atoms with Crippen LogP contribution < -0.4 is 16.5 Å². The number of hydrogen-bond acceptors (Lipinski definition) is 5. The van der Waals surface area contributed by atoms with Crippen molar-refractivity contribution in [2.45, 2.75) is 44.9 Å². The van der Waals surface area contributed by atoms with Crippen molar-refractivity contribution in [2.24, 2.45) is 5.73 Å². The Hall–Kier alpha value is -3.19. The molecule has 31 heavy (non-hydrogen) atoms. The third kappa shape index (κ3) is 10.4. The smallest absolute Gasteiger partial charge is 0.332 e. The molecule has 4 N–H and O–H groups in total. The Balaban J connectivity index is 1.59. The van der Waals surface area contributed by atoms with Crippen molar-refractivity contribution in [2.75, 3.05) is 13.1 Å². The van der Waals surface area contributed by atoms with E-state index in [0.29, 0.717) is 13.0 Å². The van der Waals surface area contributed by atoms with Crippen LogP contribution in [0.3, 0.4) is 0 Å². The predicted octanol–water partition coefficient (Wildman–Crippen LogP) is 2.22. The van der Waals surface area contributed by atoms with Crippen LogP contribution in [0.1, 0.15) is 42.4 Å². The zero-order valence-corrected chi connectivity index (χ0v) is 17.8. The number of nitrogens with one attached hydrogen (secondary N) is 2. The van der Waals surface area contributed by atoms with Gasteiger partial charge >= 0.3 is 5.97 Å². The number of carbonyl (C=O) groups is 3. The summed E-state index contributed by atoms with van der Waals surface area (Å²) < 4.78 is 0. The van der Waals surface area contributed by atoms with Crippen LogP contribution in [0.5, 0.6) is 0 Å². The molecule has 0 saturated carbocycles. The maximum atomic E-state index is 11.9. The lowest BCUT2D eigenvalue weighted by atomic mass is 10.0. The second-order valence-corrected chi connectivity index (χ2v) is 7.34. The van der Waals surface area contributed by atoms with Gasteiger partial charge in [-0.25, -0.2) is 4.79 Å². The molecular weight excluding hydrogens is 394 g/mol. The molecule has 7 heteroatoms. The second-order valence-electron chi connectivity index (χ2n) is 7.34. The van der Waals surface area contributed by atoms with Crippen molar-refractivity contribution < 1.29 is 19.2 Å². The van der Waals surface area contributed by atoms with Crippen LogP contribution in [0.15, 0.2) is 54.6 Å². The molecule has 2 rings (SSSR count). The SMILES string of the molecule is NCC(=O)NCCCC(=O)ONC(=O)Cc1ccc(CCCCc2ccccc2)cc1.